The summed E-state index contributed by atoms with van der Waals surface area (Å²) >= 11 is 0. The van der Waals surface area contributed by atoms with Crippen molar-refractivity contribution in [1.82, 2.24) is 13.4 Å². The van der Waals surface area contributed by atoms with Crippen molar-refractivity contribution in [3.63, 3.8) is 0 Å². The molecule has 0 N–H and O–H groups in total. The molecule has 3 aromatic rings. The first-order valence-corrected chi connectivity index (χ1v) is 12.5. The molecule has 1 aromatic carbocycles. The van der Waals surface area contributed by atoms with Crippen LogP contribution >= 0.6 is 0 Å². The highest BCUT2D eigenvalue weighted by Crippen LogP contribution is 2.23. The number of rotatable bonds is 8. The number of pyridine rings is 1. The molecule has 0 unspecified atom stereocenters. The minimum absolute atomic E-state index is 0.000738. The van der Waals surface area contributed by atoms with E-state index in [4.69, 9.17) is 0 Å². The minimum atomic E-state index is -3.74. The number of aryl methyl sites for hydroxylation is 3. The van der Waals surface area contributed by atoms with Gasteiger partial charge in [0, 0.05) is 48.0 Å². The monoisotopic (exact) mass is 469 g/mol. The molecule has 0 saturated carbocycles. The summed E-state index contributed by atoms with van der Waals surface area (Å²) in [6.07, 6.45) is 1.26. The fraction of sp³-hybridized carbons (Fsp3) is 0.360. The van der Waals surface area contributed by atoms with Gasteiger partial charge in [-0.3, -0.25) is 9.59 Å². The molecule has 0 amide bonds. The van der Waals surface area contributed by atoms with Crippen molar-refractivity contribution < 1.29 is 13.2 Å². The number of sulfonamides is 1. The van der Waals surface area contributed by atoms with E-state index in [2.05, 4.69) is 13.0 Å². The lowest BCUT2D eigenvalue weighted by atomic mass is 10.1. The Morgan fingerprint density at radius 3 is 2.21 bits per heavy atom. The van der Waals surface area contributed by atoms with Gasteiger partial charge in [0.05, 0.1) is 11.4 Å². The van der Waals surface area contributed by atoms with Crippen LogP contribution in [0.15, 0.2) is 52.3 Å². The van der Waals surface area contributed by atoms with Crippen LogP contribution in [0.25, 0.3) is 5.69 Å². The van der Waals surface area contributed by atoms with Gasteiger partial charge in [0.25, 0.3) is 5.56 Å². The average molecular weight is 470 g/mol. The standard InChI is InChI=1S/C25H31N3O4S/c1-7-27(8-2)33(31,32)22-11-12-25(30)26(15-22)16-24(29)23-14-19(5)28(20(23)6)21-10-9-17(3)18(4)13-21/h9-15H,7-8,16H2,1-6H3. The lowest BCUT2D eigenvalue weighted by Gasteiger charge is -2.19. The second kappa shape index (κ2) is 9.49. The highest BCUT2D eigenvalue weighted by molar-refractivity contribution is 7.89. The molecule has 0 atom stereocenters. The van der Waals surface area contributed by atoms with Crippen LogP contribution in [-0.2, 0) is 16.6 Å². The van der Waals surface area contributed by atoms with E-state index < -0.39 is 15.6 Å². The smallest absolute Gasteiger partial charge is 0.251 e. The molecule has 33 heavy (non-hydrogen) atoms. The van der Waals surface area contributed by atoms with Gasteiger partial charge < -0.3 is 9.13 Å². The molecule has 0 aliphatic rings. The van der Waals surface area contributed by atoms with Crippen molar-refractivity contribution >= 4 is 15.8 Å². The van der Waals surface area contributed by atoms with E-state index in [1.165, 1.54) is 32.8 Å². The first-order valence-electron chi connectivity index (χ1n) is 11.0. The van der Waals surface area contributed by atoms with Gasteiger partial charge in [-0.1, -0.05) is 19.9 Å². The highest BCUT2D eigenvalue weighted by atomic mass is 32.2. The molecule has 7 nitrogen and oxygen atoms in total. The first kappa shape index (κ1) is 24.7. The molecule has 176 valence electrons. The summed E-state index contributed by atoms with van der Waals surface area (Å²) in [5.74, 6) is -0.252. The Morgan fingerprint density at radius 2 is 1.61 bits per heavy atom. The maximum absolute atomic E-state index is 13.2. The topological polar surface area (TPSA) is 81.4 Å². The molecule has 0 fully saturated rings. The number of carbonyl (C=O) groups is 1. The van der Waals surface area contributed by atoms with Crippen molar-refractivity contribution in [1.29, 1.82) is 0 Å². The van der Waals surface area contributed by atoms with E-state index in [1.807, 2.05) is 43.5 Å². The van der Waals surface area contributed by atoms with E-state index >= 15 is 0 Å². The predicted octanol–water partition coefficient (Wildman–Crippen LogP) is 3.79. The van der Waals surface area contributed by atoms with Crippen molar-refractivity contribution in [2.24, 2.45) is 0 Å². The van der Waals surface area contributed by atoms with Gasteiger partial charge in [0.2, 0.25) is 10.0 Å². The van der Waals surface area contributed by atoms with Gasteiger partial charge in [-0.25, -0.2) is 8.42 Å². The third-order valence-corrected chi connectivity index (χ3v) is 8.13. The Kier molecular flexibility index (Phi) is 7.09. The van der Waals surface area contributed by atoms with Crippen LogP contribution in [0.5, 0.6) is 0 Å². The zero-order valence-corrected chi connectivity index (χ0v) is 20.9. The average Bonchev–Trinajstić information content (AvgIpc) is 3.06. The molecule has 0 saturated heterocycles. The third kappa shape index (κ3) is 4.72. The molecule has 8 heteroatoms. The van der Waals surface area contributed by atoms with Crippen LogP contribution in [0.3, 0.4) is 0 Å². The Bertz CT molecular complexity index is 1360. The summed E-state index contributed by atoms with van der Waals surface area (Å²) < 4.78 is 30.2. The summed E-state index contributed by atoms with van der Waals surface area (Å²) in [5.41, 5.74) is 5.09. The number of hydrogen-bond donors (Lipinski definition) is 0. The fourth-order valence-electron chi connectivity index (χ4n) is 4.05. The maximum atomic E-state index is 13.2. The Balaban J connectivity index is 1.97. The molecular weight excluding hydrogens is 438 g/mol. The molecule has 0 bridgehead atoms. The lowest BCUT2D eigenvalue weighted by molar-refractivity contribution is 0.0970. The Hall–Kier alpha value is -2.97. The largest absolute Gasteiger partial charge is 0.318 e. The van der Waals surface area contributed by atoms with Crippen molar-refractivity contribution in [2.45, 2.75) is 53.0 Å². The Labute approximate surface area is 195 Å². The number of ketones is 1. The van der Waals surface area contributed by atoms with Gasteiger partial charge in [0.1, 0.15) is 0 Å². The molecule has 2 heterocycles. The van der Waals surface area contributed by atoms with Gasteiger partial charge in [0.15, 0.2) is 5.78 Å². The van der Waals surface area contributed by atoms with Crippen LogP contribution in [0.4, 0.5) is 0 Å². The van der Waals surface area contributed by atoms with Crippen LogP contribution in [0.1, 0.15) is 46.7 Å². The fourth-order valence-corrected chi connectivity index (χ4v) is 5.52. The van der Waals surface area contributed by atoms with Gasteiger partial charge >= 0.3 is 0 Å². The number of nitrogens with zero attached hydrogens (tertiary/aromatic N) is 3. The molecule has 0 aliphatic heterocycles. The summed E-state index contributed by atoms with van der Waals surface area (Å²) in [5, 5.41) is 0. The molecule has 3 rings (SSSR count). The maximum Gasteiger partial charge on any atom is 0.251 e. The summed E-state index contributed by atoms with van der Waals surface area (Å²) in [7, 11) is -3.74. The molecule has 0 radical (unpaired) electrons. The molecule has 2 aromatic heterocycles. The molecule has 0 aliphatic carbocycles. The number of aromatic nitrogens is 2. The van der Waals surface area contributed by atoms with Gasteiger partial charge in [-0.05, 0) is 63.1 Å². The quantitative estimate of drug-likeness (QED) is 0.470. The molecule has 0 spiro atoms. The second-order valence-corrected chi connectivity index (χ2v) is 10.2. The first-order chi connectivity index (χ1) is 15.5. The summed E-state index contributed by atoms with van der Waals surface area (Å²) in [6.45, 7) is 11.8. The van der Waals surface area contributed by atoms with E-state index in [-0.39, 0.29) is 17.2 Å². The molecular formula is C25H31N3O4S. The van der Waals surface area contributed by atoms with Gasteiger partial charge in [-0.15, -0.1) is 0 Å². The Morgan fingerprint density at radius 1 is 0.939 bits per heavy atom. The normalized spacial score (nSPS) is 11.8. The minimum Gasteiger partial charge on any atom is -0.318 e. The highest BCUT2D eigenvalue weighted by Gasteiger charge is 2.23. The van der Waals surface area contributed by atoms with Crippen molar-refractivity contribution in [3.05, 3.63) is 81.0 Å². The van der Waals surface area contributed by atoms with Gasteiger partial charge in [-0.2, -0.15) is 4.31 Å². The van der Waals surface area contributed by atoms with E-state index in [9.17, 15) is 18.0 Å². The van der Waals surface area contributed by atoms with Crippen LogP contribution in [-0.4, -0.2) is 40.7 Å². The van der Waals surface area contributed by atoms with E-state index in [0.717, 1.165) is 22.6 Å². The van der Waals surface area contributed by atoms with Crippen molar-refractivity contribution in [3.8, 4) is 5.69 Å². The summed E-state index contributed by atoms with van der Waals surface area (Å²) in [6, 6.07) is 10.4. The number of hydrogen-bond acceptors (Lipinski definition) is 4. The lowest BCUT2D eigenvalue weighted by Crippen LogP contribution is -2.32. The third-order valence-electron chi connectivity index (χ3n) is 6.09. The SMILES string of the molecule is CCN(CC)S(=O)(=O)c1ccc(=O)n(CC(=O)c2cc(C)n(-c3ccc(C)c(C)c3)c2C)c1. The van der Waals surface area contributed by atoms with Crippen LogP contribution < -0.4 is 5.56 Å². The predicted molar refractivity (Wildman–Crippen MR) is 130 cm³/mol. The van der Waals surface area contributed by atoms with Crippen molar-refractivity contribution in [2.75, 3.05) is 13.1 Å². The number of carbonyl (C=O) groups excluding carboxylic acids is 1. The zero-order valence-electron chi connectivity index (χ0n) is 20.0. The zero-order chi connectivity index (χ0) is 24.5. The van der Waals surface area contributed by atoms with E-state index in [0.29, 0.717) is 18.7 Å². The number of Topliss-reactive ketones (excluding diaryl/α,β-unsaturated/α-hetero) is 1. The second-order valence-electron chi connectivity index (χ2n) is 8.23. The van der Waals surface area contributed by atoms with E-state index in [1.54, 1.807) is 13.8 Å². The summed E-state index contributed by atoms with van der Waals surface area (Å²) in [4.78, 5) is 25.6. The van der Waals surface area contributed by atoms with Crippen LogP contribution in [0.2, 0.25) is 0 Å². The number of benzene rings is 1. The van der Waals surface area contributed by atoms with Crippen LogP contribution in [0, 0.1) is 27.7 Å².